The van der Waals surface area contributed by atoms with Gasteiger partial charge in [-0.1, -0.05) is 18.2 Å². The molecule has 1 fully saturated rings. The Morgan fingerprint density at radius 1 is 1.07 bits per heavy atom. The smallest absolute Gasteiger partial charge is 0.317 e. The summed E-state index contributed by atoms with van der Waals surface area (Å²) < 4.78 is 50.7. The largest absolute Gasteiger partial charge is 0.493 e. The van der Waals surface area contributed by atoms with Gasteiger partial charge in [-0.25, -0.2) is 17.6 Å². The van der Waals surface area contributed by atoms with Gasteiger partial charge in [-0.3, -0.25) is 0 Å². The maximum Gasteiger partial charge on any atom is 0.317 e. The highest BCUT2D eigenvalue weighted by molar-refractivity contribution is 7.89. The second kappa shape index (κ2) is 9.77. The summed E-state index contributed by atoms with van der Waals surface area (Å²) in [5.74, 6) is 0.592. The van der Waals surface area contributed by atoms with Crippen molar-refractivity contribution in [2.75, 3.05) is 46.4 Å². The van der Waals surface area contributed by atoms with Gasteiger partial charge in [-0.15, -0.1) is 0 Å². The Kier molecular flexibility index (Phi) is 7.11. The molecule has 1 saturated heterocycles. The predicted octanol–water partition coefficient (Wildman–Crippen LogP) is 1.93. The molecule has 8 nitrogen and oxygen atoms in total. The van der Waals surface area contributed by atoms with Crippen LogP contribution >= 0.6 is 0 Å². The van der Waals surface area contributed by atoms with E-state index >= 15 is 0 Å². The van der Waals surface area contributed by atoms with E-state index in [4.69, 9.17) is 9.47 Å². The van der Waals surface area contributed by atoms with Crippen LogP contribution in [0.15, 0.2) is 53.4 Å². The molecule has 0 aliphatic carbocycles. The molecule has 1 N–H and O–H groups in total. The minimum atomic E-state index is -3.79. The normalized spacial score (nSPS) is 14.9. The second-order valence-electron chi connectivity index (χ2n) is 6.58. The van der Waals surface area contributed by atoms with E-state index in [1.165, 1.54) is 22.5 Å². The number of para-hydroxylation sites is 2. The van der Waals surface area contributed by atoms with E-state index in [1.54, 1.807) is 24.1 Å². The van der Waals surface area contributed by atoms with E-state index in [0.717, 1.165) is 6.07 Å². The fourth-order valence-electron chi connectivity index (χ4n) is 3.08. The molecule has 1 heterocycles. The molecule has 30 heavy (non-hydrogen) atoms. The molecule has 2 aromatic carbocycles. The van der Waals surface area contributed by atoms with Crippen LogP contribution in [0, 0.1) is 5.82 Å². The zero-order valence-electron chi connectivity index (χ0n) is 16.6. The molecule has 0 radical (unpaired) electrons. The number of hydrogen-bond acceptors (Lipinski definition) is 5. The number of urea groups is 1. The molecule has 0 unspecified atom stereocenters. The van der Waals surface area contributed by atoms with Crippen LogP contribution in [0.3, 0.4) is 0 Å². The number of ether oxygens (including phenoxy) is 2. The van der Waals surface area contributed by atoms with Gasteiger partial charge in [0.1, 0.15) is 12.4 Å². The molecule has 0 aromatic heterocycles. The van der Waals surface area contributed by atoms with E-state index in [9.17, 15) is 17.6 Å². The van der Waals surface area contributed by atoms with Gasteiger partial charge in [0.15, 0.2) is 11.5 Å². The van der Waals surface area contributed by atoms with Crippen molar-refractivity contribution in [2.45, 2.75) is 4.90 Å². The first-order valence-corrected chi connectivity index (χ1v) is 10.9. The van der Waals surface area contributed by atoms with Crippen molar-refractivity contribution in [3.63, 3.8) is 0 Å². The number of carbonyl (C=O) groups excluding carboxylic acids is 1. The number of amides is 2. The highest BCUT2D eigenvalue weighted by atomic mass is 32.2. The first-order chi connectivity index (χ1) is 14.4. The number of rotatable bonds is 7. The number of nitrogens with one attached hydrogen (secondary N) is 1. The molecule has 1 aliphatic heterocycles. The Morgan fingerprint density at radius 2 is 1.77 bits per heavy atom. The monoisotopic (exact) mass is 437 g/mol. The number of hydrogen-bond donors (Lipinski definition) is 1. The summed E-state index contributed by atoms with van der Waals surface area (Å²) in [7, 11) is -2.24. The molecular weight excluding hydrogens is 413 g/mol. The van der Waals surface area contributed by atoms with Crippen molar-refractivity contribution in [1.29, 1.82) is 0 Å². The molecule has 0 saturated carbocycles. The number of nitrogens with zero attached hydrogens (tertiary/aromatic N) is 2. The summed E-state index contributed by atoms with van der Waals surface area (Å²) in [5, 5.41) is 2.76. The second-order valence-corrected chi connectivity index (χ2v) is 8.52. The molecule has 0 atom stereocenters. The number of halogens is 1. The van der Waals surface area contributed by atoms with Crippen LogP contribution in [-0.2, 0) is 10.0 Å². The van der Waals surface area contributed by atoms with Crippen LogP contribution in [0.5, 0.6) is 11.5 Å². The third kappa shape index (κ3) is 5.19. The molecule has 0 spiro atoms. The molecular formula is C20H24FN3O5S. The summed E-state index contributed by atoms with van der Waals surface area (Å²) in [5.41, 5.74) is 0. The van der Waals surface area contributed by atoms with Gasteiger partial charge >= 0.3 is 6.03 Å². The van der Waals surface area contributed by atoms with Gasteiger partial charge in [0, 0.05) is 26.2 Å². The summed E-state index contributed by atoms with van der Waals surface area (Å²) in [6.07, 6.45) is 0. The average molecular weight is 437 g/mol. The van der Waals surface area contributed by atoms with E-state index in [2.05, 4.69) is 5.32 Å². The van der Waals surface area contributed by atoms with E-state index in [1.807, 2.05) is 12.1 Å². The zero-order chi connectivity index (χ0) is 21.6. The van der Waals surface area contributed by atoms with Crippen molar-refractivity contribution in [3.8, 4) is 11.5 Å². The Labute approximate surface area is 175 Å². The van der Waals surface area contributed by atoms with Crippen LogP contribution in [0.2, 0.25) is 0 Å². The third-order valence-electron chi connectivity index (χ3n) is 4.66. The highest BCUT2D eigenvalue weighted by Gasteiger charge is 2.30. The van der Waals surface area contributed by atoms with Crippen molar-refractivity contribution in [2.24, 2.45) is 0 Å². The number of benzene rings is 2. The van der Waals surface area contributed by atoms with Gasteiger partial charge in [0.25, 0.3) is 0 Å². The lowest BCUT2D eigenvalue weighted by Crippen LogP contribution is -2.53. The first kappa shape index (κ1) is 21.8. The molecule has 10 heteroatoms. The van der Waals surface area contributed by atoms with Crippen molar-refractivity contribution in [3.05, 3.63) is 54.3 Å². The van der Waals surface area contributed by atoms with Gasteiger partial charge in [-0.05, 0) is 30.3 Å². The molecule has 1 aliphatic rings. The summed E-state index contributed by atoms with van der Waals surface area (Å²) in [6.45, 7) is 1.33. The topological polar surface area (TPSA) is 88.2 Å². The van der Waals surface area contributed by atoms with Gasteiger partial charge in [0.2, 0.25) is 10.0 Å². The number of carbonyl (C=O) groups is 1. The lowest BCUT2D eigenvalue weighted by molar-refractivity contribution is 0.170. The molecule has 162 valence electrons. The summed E-state index contributed by atoms with van der Waals surface area (Å²) in [4.78, 5) is 13.8. The maximum absolute atomic E-state index is 13.4. The predicted molar refractivity (Wildman–Crippen MR) is 109 cm³/mol. The van der Waals surface area contributed by atoms with E-state index in [-0.39, 0.29) is 43.7 Å². The van der Waals surface area contributed by atoms with E-state index < -0.39 is 15.8 Å². The Hall–Kier alpha value is -2.85. The van der Waals surface area contributed by atoms with Crippen molar-refractivity contribution >= 4 is 16.1 Å². The van der Waals surface area contributed by atoms with Gasteiger partial charge in [-0.2, -0.15) is 4.31 Å². The quantitative estimate of drug-likeness (QED) is 0.669. The van der Waals surface area contributed by atoms with Crippen molar-refractivity contribution in [1.82, 2.24) is 14.5 Å². The fourth-order valence-corrected chi connectivity index (χ4v) is 4.53. The lowest BCUT2D eigenvalue weighted by Gasteiger charge is -2.34. The fraction of sp³-hybridized carbons (Fsp3) is 0.350. The van der Waals surface area contributed by atoms with Crippen LogP contribution < -0.4 is 14.8 Å². The van der Waals surface area contributed by atoms with Gasteiger partial charge < -0.3 is 19.7 Å². The average Bonchev–Trinajstić information content (AvgIpc) is 2.77. The molecule has 3 rings (SSSR count). The molecule has 0 bridgehead atoms. The Morgan fingerprint density at radius 3 is 2.43 bits per heavy atom. The van der Waals surface area contributed by atoms with E-state index in [0.29, 0.717) is 18.0 Å². The molecule has 2 aromatic rings. The van der Waals surface area contributed by atoms with Crippen molar-refractivity contribution < 1.29 is 27.1 Å². The minimum Gasteiger partial charge on any atom is -0.493 e. The minimum absolute atomic E-state index is 0.0890. The summed E-state index contributed by atoms with van der Waals surface area (Å²) in [6, 6.07) is 11.8. The highest BCUT2D eigenvalue weighted by Crippen LogP contribution is 2.25. The number of piperazine rings is 1. The van der Waals surface area contributed by atoms with Crippen LogP contribution in [0.1, 0.15) is 0 Å². The zero-order valence-corrected chi connectivity index (χ0v) is 17.4. The SMILES string of the molecule is COc1ccccc1OCCNC(=O)N1CCN(S(=O)(=O)c2cccc(F)c2)CC1. The van der Waals surface area contributed by atoms with Crippen LogP contribution in [0.4, 0.5) is 9.18 Å². The van der Waals surface area contributed by atoms with Crippen LogP contribution in [0.25, 0.3) is 0 Å². The van der Waals surface area contributed by atoms with Gasteiger partial charge in [0.05, 0.1) is 18.6 Å². The maximum atomic E-state index is 13.4. The van der Waals surface area contributed by atoms with Crippen LogP contribution in [-0.4, -0.2) is 70.1 Å². The lowest BCUT2D eigenvalue weighted by atomic mass is 10.3. The third-order valence-corrected chi connectivity index (χ3v) is 6.56. The number of sulfonamides is 1. The molecule has 2 amide bonds. The standard InChI is InChI=1S/C20H24FN3O5S/c1-28-18-7-2-3-8-19(18)29-14-9-22-20(25)23-10-12-24(13-11-23)30(26,27)17-6-4-5-16(21)15-17/h2-8,15H,9-14H2,1H3,(H,22,25). The Bertz CT molecular complexity index is 978. The number of methoxy groups -OCH3 is 1. The summed E-state index contributed by atoms with van der Waals surface area (Å²) >= 11 is 0. The Balaban J connectivity index is 1.45. The first-order valence-electron chi connectivity index (χ1n) is 9.46.